The van der Waals surface area contributed by atoms with Crippen LogP contribution in [-0.4, -0.2) is 19.5 Å². The van der Waals surface area contributed by atoms with Crippen molar-refractivity contribution in [3.63, 3.8) is 0 Å². The predicted molar refractivity (Wildman–Crippen MR) is 66.1 cm³/mol. The van der Waals surface area contributed by atoms with Gasteiger partial charge in [0.05, 0.1) is 0 Å². The van der Waals surface area contributed by atoms with Gasteiger partial charge >= 0.3 is 0 Å². The van der Waals surface area contributed by atoms with Crippen molar-refractivity contribution in [3.05, 3.63) is 0 Å². The molecule has 0 aromatic rings. The maximum absolute atomic E-state index is 5.51. The summed E-state index contributed by atoms with van der Waals surface area (Å²) in [6.07, 6.45) is 9.57. The highest BCUT2D eigenvalue weighted by Gasteiger charge is 2.12. The van der Waals surface area contributed by atoms with Crippen molar-refractivity contribution in [3.8, 4) is 11.8 Å². The fourth-order valence-electron chi connectivity index (χ4n) is 1.76. The summed E-state index contributed by atoms with van der Waals surface area (Å²) in [7, 11) is 0. The lowest BCUT2D eigenvalue weighted by Gasteiger charge is -2.21. The summed E-state index contributed by atoms with van der Waals surface area (Å²) in [6, 6.07) is 0. The molecule has 1 aliphatic heterocycles. The largest absolute Gasteiger partial charge is 0.353 e. The first-order valence-corrected chi connectivity index (χ1v) is 6.62. The van der Waals surface area contributed by atoms with E-state index < -0.39 is 0 Å². The molecule has 0 N–H and O–H groups in total. The van der Waals surface area contributed by atoms with Crippen molar-refractivity contribution in [2.75, 3.05) is 13.2 Å². The Labute approximate surface area is 99.7 Å². The summed E-state index contributed by atoms with van der Waals surface area (Å²) in [5.74, 6) is 6.21. The fourth-order valence-corrected chi connectivity index (χ4v) is 1.76. The number of hydrogen-bond acceptors (Lipinski definition) is 2. The molecule has 92 valence electrons. The van der Waals surface area contributed by atoms with Gasteiger partial charge in [0.1, 0.15) is 6.61 Å². The number of rotatable bonds is 6. The summed E-state index contributed by atoms with van der Waals surface area (Å²) < 4.78 is 11.0. The summed E-state index contributed by atoms with van der Waals surface area (Å²) in [5, 5.41) is 0. The van der Waals surface area contributed by atoms with Crippen molar-refractivity contribution < 1.29 is 9.47 Å². The Morgan fingerprint density at radius 3 is 2.88 bits per heavy atom. The van der Waals surface area contributed by atoms with Gasteiger partial charge in [0.25, 0.3) is 0 Å². The lowest BCUT2D eigenvalue weighted by molar-refractivity contribution is -0.154. The van der Waals surface area contributed by atoms with E-state index in [4.69, 9.17) is 9.47 Å². The van der Waals surface area contributed by atoms with Crippen LogP contribution < -0.4 is 0 Å². The van der Waals surface area contributed by atoms with E-state index >= 15 is 0 Å². The molecule has 2 heteroatoms. The molecule has 1 unspecified atom stereocenters. The summed E-state index contributed by atoms with van der Waals surface area (Å²) in [5.41, 5.74) is 0. The standard InChI is InChI=1S/C14H24O2/c1-2-3-4-5-6-7-9-12-15-14-11-8-10-13-16-14/h14H,2-6,8,10-13H2,1H3. The van der Waals surface area contributed by atoms with Gasteiger partial charge in [-0.15, -0.1) is 5.92 Å². The van der Waals surface area contributed by atoms with Crippen LogP contribution in [0, 0.1) is 11.8 Å². The average Bonchev–Trinajstić information content (AvgIpc) is 2.34. The van der Waals surface area contributed by atoms with Crippen molar-refractivity contribution in [2.45, 2.75) is 64.6 Å². The Hall–Kier alpha value is -0.520. The molecule has 0 aliphatic carbocycles. The maximum atomic E-state index is 5.51. The van der Waals surface area contributed by atoms with Crippen molar-refractivity contribution in [1.82, 2.24) is 0 Å². The molecule has 1 heterocycles. The minimum absolute atomic E-state index is 0.00291. The zero-order valence-electron chi connectivity index (χ0n) is 10.5. The van der Waals surface area contributed by atoms with Crippen LogP contribution in [-0.2, 0) is 9.47 Å². The van der Waals surface area contributed by atoms with Crippen LogP contribution in [0.15, 0.2) is 0 Å². The van der Waals surface area contributed by atoms with E-state index in [1.807, 2.05) is 0 Å². The minimum atomic E-state index is 0.00291. The highest BCUT2D eigenvalue weighted by molar-refractivity contribution is 4.98. The number of unbranched alkanes of at least 4 members (excludes halogenated alkanes) is 4. The van der Waals surface area contributed by atoms with E-state index in [0.717, 1.165) is 19.4 Å². The van der Waals surface area contributed by atoms with E-state index in [2.05, 4.69) is 18.8 Å². The molecular formula is C14H24O2. The first kappa shape index (κ1) is 13.5. The molecule has 1 saturated heterocycles. The molecule has 0 amide bonds. The van der Waals surface area contributed by atoms with Crippen molar-refractivity contribution >= 4 is 0 Å². The fraction of sp³-hybridized carbons (Fsp3) is 0.857. The Bertz CT molecular complexity index is 209. The molecule has 1 rings (SSSR count). The van der Waals surface area contributed by atoms with Gasteiger partial charge in [-0.1, -0.05) is 32.1 Å². The van der Waals surface area contributed by atoms with Crippen LogP contribution in [0.1, 0.15) is 58.3 Å². The second-order valence-corrected chi connectivity index (χ2v) is 4.27. The van der Waals surface area contributed by atoms with E-state index in [0.29, 0.717) is 6.61 Å². The smallest absolute Gasteiger partial charge is 0.158 e. The summed E-state index contributed by atoms with van der Waals surface area (Å²) >= 11 is 0. The third kappa shape index (κ3) is 6.87. The predicted octanol–water partition coefficient (Wildman–Crippen LogP) is 3.50. The highest BCUT2D eigenvalue weighted by Crippen LogP contribution is 2.13. The van der Waals surface area contributed by atoms with Gasteiger partial charge in [0.2, 0.25) is 0 Å². The SMILES string of the molecule is CCCCCCC#CCOC1CCCCO1. The Morgan fingerprint density at radius 1 is 1.19 bits per heavy atom. The molecule has 1 atom stereocenters. The zero-order valence-corrected chi connectivity index (χ0v) is 10.5. The molecule has 2 nitrogen and oxygen atoms in total. The first-order valence-electron chi connectivity index (χ1n) is 6.62. The van der Waals surface area contributed by atoms with Crippen LogP contribution in [0.5, 0.6) is 0 Å². The number of hydrogen-bond donors (Lipinski definition) is 0. The van der Waals surface area contributed by atoms with Gasteiger partial charge in [0.15, 0.2) is 6.29 Å². The molecule has 1 fully saturated rings. The second kappa shape index (κ2) is 9.69. The molecule has 0 aromatic carbocycles. The molecule has 0 spiro atoms. The van der Waals surface area contributed by atoms with Crippen LogP contribution in [0.4, 0.5) is 0 Å². The molecule has 0 bridgehead atoms. The van der Waals surface area contributed by atoms with E-state index in [1.165, 1.54) is 38.5 Å². The lowest BCUT2D eigenvalue weighted by Crippen LogP contribution is -2.22. The third-order valence-corrected chi connectivity index (χ3v) is 2.76. The highest BCUT2D eigenvalue weighted by atomic mass is 16.7. The zero-order chi connectivity index (χ0) is 11.5. The molecule has 1 aliphatic rings. The van der Waals surface area contributed by atoms with E-state index in [9.17, 15) is 0 Å². The topological polar surface area (TPSA) is 18.5 Å². The van der Waals surface area contributed by atoms with Gasteiger partial charge in [0, 0.05) is 13.0 Å². The monoisotopic (exact) mass is 224 g/mol. The van der Waals surface area contributed by atoms with Gasteiger partial charge < -0.3 is 9.47 Å². The Balaban J connectivity index is 1.91. The van der Waals surface area contributed by atoms with Gasteiger partial charge in [-0.25, -0.2) is 0 Å². The first-order chi connectivity index (χ1) is 7.93. The van der Waals surface area contributed by atoms with Crippen LogP contribution in [0.25, 0.3) is 0 Å². The van der Waals surface area contributed by atoms with Crippen molar-refractivity contribution in [1.29, 1.82) is 0 Å². The van der Waals surface area contributed by atoms with Gasteiger partial charge in [-0.2, -0.15) is 0 Å². The van der Waals surface area contributed by atoms with Crippen LogP contribution >= 0.6 is 0 Å². The molecular weight excluding hydrogens is 200 g/mol. The van der Waals surface area contributed by atoms with Gasteiger partial charge in [-0.3, -0.25) is 0 Å². The third-order valence-electron chi connectivity index (χ3n) is 2.76. The second-order valence-electron chi connectivity index (χ2n) is 4.27. The minimum Gasteiger partial charge on any atom is -0.353 e. The maximum Gasteiger partial charge on any atom is 0.158 e. The molecule has 0 radical (unpaired) electrons. The average molecular weight is 224 g/mol. The molecule has 0 saturated carbocycles. The van der Waals surface area contributed by atoms with Crippen LogP contribution in [0.3, 0.4) is 0 Å². The van der Waals surface area contributed by atoms with Crippen LogP contribution in [0.2, 0.25) is 0 Å². The summed E-state index contributed by atoms with van der Waals surface area (Å²) in [4.78, 5) is 0. The normalized spacial score (nSPS) is 20.2. The van der Waals surface area contributed by atoms with E-state index in [1.54, 1.807) is 0 Å². The summed E-state index contributed by atoms with van der Waals surface area (Å²) in [6.45, 7) is 3.59. The quantitative estimate of drug-likeness (QED) is 0.508. The lowest BCUT2D eigenvalue weighted by atomic mass is 10.2. The Kier molecular flexibility index (Phi) is 8.20. The number of ether oxygens (including phenoxy) is 2. The molecule has 0 aromatic heterocycles. The van der Waals surface area contributed by atoms with E-state index in [-0.39, 0.29) is 6.29 Å². The van der Waals surface area contributed by atoms with Gasteiger partial charge in [-0.05, 0) is 25.7 Å². The van der Waals surface area contributed by atoms with Crippen molar-refractivity contribution in [2.24, 2.45) is 0 Å². The Morgan fingerprint density at radius 2 is 2.12 bits per heavy atom. The molecule has 16 heavy (non-hydrogen) atoms.